The summed E-state index contributed by atoms with van der Waals surface area (Å²) in [4.78, 5) is 28.0. The maximum absolute atomic E-state index is 12.4. The highest BCUT2D eigenvalue weighted by molar-refractivity contribution is 7.12. The number of amides is 1. The van der Waals surface area contributed by atoms with E-state index in [9.17, 15) is 9.59 Å². The summed E-state index contributed by atoms with van der Waals surface area (Å²) in [5, 5.41) is 2.15. The van der Waals surface area contributed by atoms with Gasteiger partial charge in [-0.25, -0.2) is 4.79 Å². The van der Waals surface area contributed by atoms with E-state index >= 15 is 0 Å². The number of methoxy groups -OCH3 is 1. The van der Waals surface area contributed by atoms with Crippen LogP contribution in [0.3, 0.4) is 0 Å². The highest BCUT2D eigenvalue weighted by atomic mass is 32.1. The van der Waals surface area contributed by atoms with Gasteiger partial charge in [-0.15, -0.1) is 11.3 Å². The molecule has 0 saturated carbocycles. The Morgan fingerprint density at radius 2 is 1.75 bits per heavy atom. The van der Waals surface area contributed by atoms with Gasteiger partial charge in [0.05, 0.1) is 12.7 Å². The van der Waals surface area contributed by atoms with Crippen molar-refractivity contribution in [3.63, 3.8) is 0 Å². The van der Waals surface area contributed by atoms with Crippen LogP contribution in [0, 0.1) is 13.8 Å². The molecule has 0 aliphatic heterocycles. The van der Waals surface area contributed by atoms with E-state index in [-0.39, 0.29) is 12.5 Å². The van der Waals surface area contributed by atoms with E-state index in [1.54, 1.807) is 25.1 Å². The number of likely N-dealkylation sites (N-methyl/N-ethyl adjacent to an activating group) is 1. The van der Waals surface area contributed by atoms with E-state index in [2.05, 4.69) is 0 Å². The molecular weight excluding hydrogens is 374 g/mol. The summed E-state index contributed by atoms with van der Waals surface area (Å²) < 4.78 is 10.4. The number of hydrogen-bond acceptors (Lipinski definition) is 5. The number of carbonyl (C=O) groups is 2. The van der Waals surface area contributed by atoms with Crippen LogP contribution >= 0.6 is 11.3 Å². The Hall–Kier alpha value is -2.86. The zero-order valence-corrected chi connectivity index (χ0v) is 17.3. The van der Waals surface area contributed by atoms with E-state index in [4.69, 9.17) is 9.47 Å². The van der Waals surface area contributed by atoms with Gasteiger partial charge < -0.3 is 14.4 Å². The molecule has 0 fully saturated rings. The molecule has 0 saturated heterocycles. The Kier molecular flexibility index (Phi) is 5.99. The molecule has 28 heavy (non-hydrogen) atoms. The number of aryl methyl sites for hydroxylation is 2. The number of benzene rings is 2. The zero-order valence-electron chi connectivity index (χ0n) is 16.4. The molecule has 0 aliphatic carbocycles. The minimum absolute atomic E-state index is 0.243. The van der Waals surface area contributed by atoms with E-state index in [1.165, 1.54) is 11.3 Å². The molecule has 2 aromatic carbocycles. The molecule has 0 aliphatic rings. The van der Waals surface area contributed by atoms with E-state index in [1.807, 2.05) is 50.2 Å². The topological polar surface area (TPSA) is 55.8 Å². The van der Waals surface area contributed by atoms with Crippen LogP contribution in [-0.2, 0) is 16.1 Å². The lowest BCUT2D eigenvalue weighted by Gasteiger charge is -2.17. The molecule has 3 rings (SSSR count). The molecule has 3 aromatic rings. The molecule has 1 heterocycles. The predicted molar refractivity (Wildman–Crippen MR) is 111 cm³/mol. The van der Waals surface area contributed by atoms with Crippen molar-refractivity contribution in [2.45, 2.75) is 20.4 Å². The first-order valence-corrected chi connectivity index (χ1v) is 9.74. The third-order valence-electron chi connectivity index (χ3n) is 4.54. The SMILES string of the molecule is COc1ccc2cc(CN(C)C(=O)COC(=O)c3cc(C)sc3C)ccc2c1. The van der Waals surface area contributed by atoms with Crippen molar-refractivity contribution in [1.82, 2.24) is 4.90 Å². The molecule has 1 aromatic heterocycles. The maximum Gasteiger partial charge on any atom is 0.339 e. The number of fused-ring (bicyclic) bond motifs is 1. The number of carbonyl (C=O) groups excluding carboxylic acids is 2. The van der Waals surface area contributed by atoms with Gasteiger partial charge in [0.15, 0.2) is 6.61 Å². The second-order valence-corrected chi connectivity index (χ2v) is 8.16. The highest BCUT2D eigenvalue weighted by Gasteiger charge is 2.17. The highest BCUT2D eigenvalue weighted by Crippen LogP contribution is 2.23. The molecule has 0 bridgehead atoms. The van der Waals surface area contributed by atoms with Crippen molar-refractivity contribution in [1.29, 1.82) is 0 Å². The van der Waals surface area contributed by atoms with Gasteiger partial charge in [-0.1, -0.05) is 18.2 Å². The molecule has 146 valence electrons. The van der Waals surface area contributed by atoms with Crippen LogP contribution in [0.25, 0.3) is 10.8 Å². The summed E-state index contributed by atoms with van der Waals surface area (Å²) in [6.45, 7) is 3.98. The van der Waals surface area contributed by atoms with Gasteiger partial charge in [-0.05, 0) is 54.4 Å². The first-order chi connectivity index (χ1) is 13.4. The third-order valence-corrected chi connectivity index (χ3v) is 5.51. The van der Waals surface area contributed by atoms with Crippen molar-refractivity contribution in [3.05, 3.63) is 63.3 Å². The summed E-state index contributed by atoms with van der Waals surface area (Å²) >= 11 is 1.54. The summed E-state index contributed by atoms with van der Waals surface area (Å²) in [5.41, 5.74) is 1.53. The largest absolute Gasteiger partial charge is 0.497 e. The van der Waals surface area contributed by atoms with Crippen molar-refractivity contribution in [3.8, 4) is 5.75 Å². The second-order valence-electron chi connectivity index (χ2n) is 6.70. The summed E-state index contributed by atoms with van der Waals surface area (Å²) in [6, 6.07) is 13.7. The normalized spacial score (nSPS) is 10.7. The van der Waals surface area contributed by atoms with Crippen LogP contribution in [0.4, 0.5) is 0 Å². The molecule has 0 N–H and O–H groups in total. The Bertz CT molecular complexity index is 1020. The maximum atomic E-state index is 12.4. The number of rotatable bonds is 6. The number of nitrogens with zero attached hydrogens (tertiary/aromatic N) is 1. The average molecular weight is 397 g/mol. The monoisotopic (exact) mass is 397 g/mol. The van der Waals surface area contributed by atoms with E-state index < -0.39 is 5.97 Å². The Balaban J connectivity index is 1.60. The molecule has 0 spiro atoms. The van der Waals surface area contributed by atoms with Gasteiger partial charge in [-0.3, -0.25) is 4.79 Å². The predicted octanol–water partition coefficient (Wildman–Crippen LogP) is 4.34. The van der Waals surface area contributed by atoms with Crippen molar-refractivity contribution in [2.24, 2.45) is 0 Å². The van der Waals surface area contributed by atoms with Gasteiger partial charge in [0, 0.05) is 23.3 Å². The van der Waals surface area contributed by atoms with Crippen molar-refractivity contribution >= 4 is 34.0 Å². The van der Waals surface area contributed by atoms with Gasteiger partial charge in [0.25, 0.3) is 5.91 Å². The minimum atomic E-state index is -0.455. The fourth-order valence-electron chi connectivity index (χ4n) is 3.01. The number of ether oxygens (including phenoxy) is 2. The van der Waals surface area contributed by atoms with E-state index in [0.717, 1.165) is 31.8 Å². The number of thiophene rings is 1. The van der Waals surface area contributed by atoms with E-state index in [0.29, 0.717) is 12.1 Å². The van der Waals surface area contributed by atoms with Gasteiger partial charge in [0.2, 0.25) is 0 Å². The summed E-state index contributed by atoms with van der Waals surface area (Å²) in [7, 11) is 3.35. The van der Waals surface area contributed by atoms with Crippen molar-refractivity contribution in [2.75, 3.05) is 20.8 Å². The summed E-state index contributed by atoms with van der Waals surface area (Å²) in [5.74, 6) is 0.112. The second kappa shape index (κ2) is 8.44. The summed E-state index contributed by atoms with van der Waals surface area (Å²) in [6.07, 6.45) is 0. The Morgan fingerprint density at radius 1 is 1.04 bits per heavy atom. The van der Waals surface area contributed by atoms with Crippen LogP contribution in [0.2, 0.25) is 0 Å². The molecular formula is C22H23NO4S. The van der Waals surface area contributed by atoms with Crippen LogP contribution in [0.1, 0.15) is 25.7 Å². The van der Waals surface area contributed by atoms with Crippen LogP contribution in [-0.4, -0.2) is 37.5 Å². The standard InChI is InChI=1S/C22H23NO4S/c1-14-9-20(15(2)28-14)22(25)27-13-21(24)23(3)12-16-5-6-18-11-19(26-4)8-7-17(18)10-16/h5-11H,12-13H2,1-4H3. The molecule has 6 heteroatoms. The van der Waals surface area contributed by atoms with Gasteiger partial charge >= 0.3 is 5.97 Å². The van der Waals surface area contributed by atoms with Crippen molar-refractivity contribution < 1.29 is 19.1 Å². The molecule has 0 radical (unpaired) electrons. The molecule has 5 nitrogen and oxygen atoms in total. The van der Waals surface area contributed by atoms with Crippen LogP contribution < -0.4 is 4.74 Å². The van der Waals surface area contributed by atoms with Gasteiger partial charge in [0.1, 0.15) is 5.75 Å². The quantitative estimate of drug-likeness (QED) is 0.581. The first-order valence-electron chi connectivity index (χ1n) is 8.92. The number of hydrogen-bond donors (Lipinski definition) is 0. The average Bonchev–Trinajstić information content (AvgIpc) is 3.03. The molecule has 1 amide bonds. The minimum Gasteiger partial charge on any atom is -0.497 e. The zero-order chi connectivity index (χ0) is 20.3. The Labute approximate surface area is 168 Å². The molecule has 0 unspecified atom stereocenters. The van der Waals surface area contributed by atoms with Crippen LogP contribution in [0.5, 0.6) is 5.75 Å². The lowest BCUT2D eigenvalue weighted by molar-refractivity contribution is -0.133. The lowest BCUT2D eigenvalue weighted by Crippen LogP contribution is -2.30. The fraction of sp³-hybridized carbons (Fsp3) is 0.273. The first kappa shape index (κ1) is 19.9. The molecule has 0 atom stereocenters. The lowest BCUT2D eigenvalue weighted by atomic mass is 10.1. The Morgan fingerprint density at radius 3 is 2.43 bits per heavy atom. The number of esters is 1. The fourth-order valence-corrected chi connectivity index (χ4v) is 3.92. The van der Waals surface area contributed by atoms with Crippen LogP contribution in [0.15, 0.2) is 42.5 Å². The third kappa shape index (κ3) is 4.51. The smallest absolute Gasteiger partial charge is 0.339 e. The van der Waals surface area contributed by atoms with Gasteiger partial charge in [-0.2, -0.15) is 0 Å².